The molecule has 0 N–H and O–H groups in total. The molecule has 2 aromatic carbocycles. The highest BCUT2D eigenvalue weighted by atomic mass is 28.3. The molecule has 92 valence electrons. The molecule has 1 aliphatic heterocycles. The van der Waals surface area contributed by atoms with Gasteiger partial charge in [0.15, 0.2) is 0 Å². The molecule has 1 aliphatic rings. The molecule has 0 spiro atoms. The number of methoxy groups -OCH3 is 1. The Labute approximate surface area is 109 Å². The van der Waals surface area contributed by atoms with Crippen LogP contribution in [0.3, 0.4) is 0 Å². The van der Waals surface area contributed by atoms with E-state index in [1.54, 1.807) is 12.3 Å². The van der Waals surface area contributed by atoms with E-state index in [9.17, 15) is 0 Å². The Morgan fingerprint density at radius 3 is 2.17 bits per heavy atom. The third-order valence-corrected chi connectivity index (χ3v) is 7.60. The van der Waals surface area contributed by atoms with Gasteiger partial charge in [-0.15, -0.1) is 0 Å². The first-order valence-corrected chi connectivity index (χ1v) is 9.34. The number of benzene rings is 2. The number of ether oxygens (including phenoxy) is 1. The van der Waals surface area contributed by atoms with Gasteiger partial charge in [0.05, 0.1) is 7.11 Å². The molecule has 2 heteroatoms. The van der Waals surface area contributed by atoms with Crippen LogP contribution >= 0.6 is 0 Å². The third-order valence-electron chi connectivity index (χ3n) is 4.04. The van der Waals surface area contributed by atoms with E-state index in [0.717, 1.165) is 5.75 Å². The highest BCUT2D eigenvalue weighted by Crippen LogP contribution is 2.31. The Hall–Kier alpha value is -1.54. The summed E-state index contributed by atoms with van der Waals surface area (Å²) in [4.78, 5) is 0. The number of hydrogen-bond acceptors (Lipinski definition) is 1. The molecule has 0 bridgehead atoms. The molecule has 0 saturated carbocycles. The molecule has 0 aliphatic carbocycles. The van der Waals surface area contributed by atoms with Gasteiger partial charge < -0.3 is 4.74 Å². The molecule has 2 aromatic rings. The zero-order valence-corrected chi connectivity index (χ0v) is 12.4. The molecule has 0 unspecified atom stereocenters. The van der Waals surface area contributed by atoms with Gasteiger partial charge in [-0.3, -0.25) is 0 Å². The summed E-state index contributed by atoms with van der Waals surface area (Å²) >= 11 is 0. The number of rotatable bonds is 1. The van der Waals surface area contributed by atoms with E-state index >= 15 is 0 Å². The van der Waals surface area contributed by atoms with Crippen molar-refractivity contribution in [2.75, 3.05) is 7.11 Å². The number of fused-ring (bicyclic) bond motifs is 3. The normalized spacial score (nSPS) is 15.1. The highest BCUT2D eigenvalue weighted by Gasteiger charge is 2.37. The maximum atomic E-state index is 5.37. The fraction of sp³-hybridized carbons (Fsp3) is 0.250. The summed E-state index contributed by atoms with van der Waals surface area (Å²) in [5.74, 6) is 0.952. The molecule has 0 atom stereocenters. The predicted octanol–water partition coefficient (Wildman–Crippen LogP) is 2.81. The van der Waals surface area contributed by atoms with Crippen LogP contribution in [-0.2, 0) is 0 Å². The van der Waals surface area contributed by atoms with Crippen molar-refractivity contribution in [3.05, 3.63) is 42.0 Å². The van der Waals surface area contributed by atoms with E-state index in [0.29, 0.717) is 0 Å². The maximum Gasteiger partial charge on any atom is 0.119 e. The Bertz CT molecular complexity index is 629. The molecule has 0 aromatic heterocycles. The van der Waals surface area contributed by atoms with Crippen LogP contribution in [0.25, 0.3) is 11.1 Å². The van der Waals surface area contributed by atoms with E-state index in [-0.39, 0.29) is 0 Å². The average molecular weight is 254 g/mol. The lowest BCUT2D eigenvalue weighted by molar-refractivity contribution is 0.415. The van der Waals surface area contributed by atoms with E-state index in [1.165, 1.54) is 21.9 Å². The molecule has 3 rings (SSSR count). The Morgan fingerprint density at radius 2 is 1.50 bits per heavy atom. The van der Waals surface area contributed by atoms with Crippen LogP contribution in [0.1, 0.15) is 5.56 Å². The topological polar surface area (TPSA) is 9.23 Å². The summed E-state index contributed by atoms with van der Waals surface area (Å²) < 4.78 is 5.37. The summed E-state index contributed by atoms with van der Waals surface area (Å²) in [5, 5.41) is 3.08. The second-order valence-corrected chi connectivity index (χ2v) is 9.91. The van der Waals surface area contributed by atoms with Crippen LogP contribution in [0.4, 0.5) is 0 Å². The summed E-state index contributed by atoms with van der Waals surface area (Å²) in [7, 11) is 0.237. The smallest absolute Gasteiger partial charge is 0.119 e. The minimum atomic E-state index is -1.50. The van der Waals surface area contributed by atoms with Crippen molar-refractivity contribution in [3.8, 4) is 16.9 Å². The first kappa shape index (κ1) is 11.5. The van der Waals surface area contributed by atoms with Crippen LogP contribution in [0.5, 0.6) is 5.75 Å². The van der Waals surface area contributed by atoms with E-state index in [2.05, 4.69) is 56.4 Å². The lowest BCUT2D eigenvalue weighted by Crippen LogP contribution is -2.49. The highest BCUT2D eigenvalue weighted by molar-refractivity contribution is 7.03. The van der Waals surface area contributed by atoms with Gasteiger partial charge in [-0.05, 0) is 40.6 Å². The molecule has 1 heterocycles. The zero-order chi connectivity index (χ0) is 12.9. The van der Waals surface area contributed by atoms with Gasteiger partial charge in [-0.2, -0.15) is 0 Å². The largest absolute Gasteiger partial charge is 0.497 e. The second-order valence-electron chi connectivity index (χ2n) is 5.59. The number of aryl methyl sites for hydroxylation is 1. The summed E-state index contributed by atoms with van der Waals surface area (Å²) in [6, 6.07) is 13.4. The maximum absolute atomic E-state index is 5.37. The molecule has 0 radical (unpaired) electrons. The van der Waals surface area contributed by atoms with Gasteiger partial charge in [0, 0.05) is 0 Å². The fourth-order valence-electron chi connectivity index (χ4n) is 2.99. The molecular weight excluding hydrogens is 236 g/mol. The van der Waals surface area contributed by atoms with Crippen molar-refractivity contribution >= 4 is 18.4 Å². The SMILES string of the molecule is COc1ccc2c(c1)-c1cc(C)ccc1[Si]2(C)C. The van der Waals surface area contributed by atoms with Crippen molar-refractivity contribution in [1.29, 1.82) is 0 Å². The molecule has 18 heavy (non-hydrogen) atoms. The zero-order valence-electron chi connectivity index (χ0n) is 11.4. The molecular formula is C16H18OSi. The first-order valence-electron chi connectivity index (χ1n) is 6.34. The minimum absolute atomic E-state index is 0.952. The van der Waals surface area contributed by atoms with Crippen molar-refractivity contribution in [2.24, 2.45) is 0 Å². The monoisotopic (exact) mass is 254 g/mol. The molecule has 0 saturated heterocycles. The fourth-order valence-corrected chi connectivity index (χ4v) is 6.04. The van der Waals surface area contributed by atoms with Gasteiger partial charge in [0.25, 0.3) is 0 Å². The average Bonchev–Trinajstić information content (AvgIpc) is 2.58. The van der Waals surface area contributed by atoms with Gasteiger partial charge in [-0.1, -0.05) is 42.9 Å². The van der Waals surface area contributed by atoms with Gasteiger partial charge in [0.1, 0.15) is 13.8 Å². The molecule has 0 amide bonds. The quantitative estimate of drug-likeness (QED) is 0.711. The van der Waals surface area contributed by atoms with E-state index < -0.39 is 8.07 Å². The lowest BCUT2D eigenvalue weighted by Gasteiger charge is -2.18. The lowest BCUT2D eigenvalue weighted by atomic mass is 10.0. The van der Waals surface area contributed by atoms with Crippen molar-refractivity contribution in [1.82, 2.24) is 0 Å². The third kappa shape index (κ3) is 1.45. The van der Waals surface area contributed by atoms with E-state index in [1.807, 2.05) is 0 Å². The van der Waals surface area contributed by atoms with Crippen molar-refractivity contribution < 1.29 is 4.74 Å². The van der Waals surface area contributed by atoms with Crippen LogP contribution in [0, 0.1) is 6.92 Å². The summed E-state index contributed by atoms with van der Waals surface area (Å²) in [6.45, 7) is 7.02. The first-order chi connectivity index (χ1) is 8.54. The standard InChI is InChI=1S/C16H18OSi/c1-11-5-7-15-13(9-11)14-10-12(17-2)6-8-16(14)18(15,3)4/h5-10H,1-4H3. The summed E-state index contributed by atoms with van der Waals surface area (Å²) in [5.41, 5.74) is 4.12. The van der Waals surface area contributed by atoms with Gasteiger partial charge in [0.2, 0.25) is 0 Å². The predicted molar refractivity (Wildman–Crippen MR) is 79.9 cm³/mol. The van der Waals surface area contributed by atoms with Gasteiger partial charge >= 0.3 is 0 Å². The van der Waals surface area contributed by atoms with E-state index in [4.69, 9.17) is 4.74 Å². The van der Waals surface area contributed by atoms with Gasteiger partial charge in [-0.25, -0.2) is 0 Å². The van der Waals surface area contributed by atoms with Crippen LogP contribution in [0.2, 0.25) is 13.1 Å². The van der Waals surface area contributed by atoms with Crippen molar-refractivity contribution in [2.45, 2.75) is 20.0 Å². The summed E-state index contributed by atoms with van der Waals surface area (Å²) in [6.07, 6.45) is 0. The Kier molecular flexibility index (Phi) is 2.39. The molecule has 0 fully saturated rings. The minimum Gasteiger partial charge on any atom is -0.497 e. The molecule has 1 nitrogen and oxygen atoms in total. The second kappa shape index (κ2) is 3.72. The van der Waals surface area contributed by atoms with Crippen LogP contribution in [0.15, 0.2) is 36.4 Å². The van der Waals surface area contributed by atoms with Crippen molar-refractivity contribution in [3.63, 3.8) is 0 Å². The van der Waals surface area contributed by atoms with Crippen LogP contribution in [-0.4, -0.2) is 15.2 Å². The number of hydrogen-bond donors (Lipinski definition) is 0. The Balaban J connectivity index is 2.33. The Morgan fingerprint density at radius 1 is 0.889 bits per heavy atom. The van der Waals surface area contributed by atoms with Crippen LogP contribution < -0.4 is 15.1 Å².